The largest absolute Gasteiger partial charge is 0.497 e. The number of aryl methyl sites for hydroxylation is 1. The number of anilines is 3. The van der Waals surface area contributed by atoms with E-state index in [4.69, 9.17) is 9.47 Å². The molecule has 148 valence electrons. The standard InChI is InChI=1S/C23H23N3O3/c1-28-18-9-10-22(29-2)19(15-18)25-17-11-12-24-20(14-17)23(27)26-13-5-7-16-6-3-4-8-21(16)26/h3-4,6,8-12,14-15H,5,7,13H2,1-2H3,(H,24,25). The SMILES string of the molecule is COc1ccc(OC)c(Nc2ccnc(C(=O)N3CCCc4ccccc43)c2)c1. The Hall–Kier alpha value is -3.54. The second-order valence-electron chi connectivity index (χ2n) is 6.81. The van der Waals surface area contributed by atoms with Crippen molar-refractivity contribution in [1.29, 1.82) is 0 Å². The molecule has 1 amide bonds. The minimum atomic E-state index is -0.0987. The summed E-state index contributed by atoms with van der Waals surface area (Å²) in [6, 6.07) is 17.1. The molecule has 1 aliphatic heterocycles. The first-order valence-corrected chi connectivity index (χ1v) is 9.54. The van der Waals surface area contributed by atoms with Gasteiger partial charge in [0, 0.05) is 30.2 Å². The van der Waals surface area contributed by atoms with E-state index < -0.39 is 0 Å². The number of nitrogens with zero attached hydrogens (tertiary/aromatic N) is 2. The van der Waals surface area contributed by atoms with E-state index in [2.05, 4.69) is 16.4 Å². The van der Waals surface area contributed by atoms with Crippen molar-refractivity contribution in [3.05, 3.63) is 72.1 Å². The van der Waals surface area contributed by atoms with Crippen LogP contribution in [0.15, 0.2) is 60.8 Å². The van der Waals surface area contributed by atoms with Crippen molar-refractivity contribution in [2.45, 2.75) is 12.8 Å². The molecule has 0 aliphatic carbocycles. The summed E-state index contributed by atoms with van der Waals surface area (Å²) in [4.78, 5) is 19.3. The molecular weight excluding hydrogens is 366 g/mol. The fraction of sp³-hybridized carbons (Fsp3) is 0.217. The molecule has 2 heterocycles. The van der Waals surface area contributed by atoms with Crippen LogP contribution in [0, 0.1) is 0 Å². The van der Waals surface area contributed by atoms with E-state index >= 15 is 0 Å². The topological polar surface area (TPSA) is 63.7 Å². The lowest BCUT2D eigenvalue weighted by atomic mass is 10.0. The van der Waals surface area contributed by atoms with Crippen LogP contribution >= 0.6 is 0 Å². The molecule has 0 fully saturated rings. The summed E-state index contributed by atoms with van der Waals surface area (Å²) in [5, 5.41) is 3.30. The number of fused-ring (bicyclic) bond motifs is 1. The highest BCUT2D eigenvalue weighted by Gasteiger charge is 2.24. The summed E-state index contributed by atoms with van der Waals surface area (Å²) in [6.45, 7) is 0.693. The average Bonchev–Trinajstić information content (AvgIpc) is 2.78. The molecule has 1 N–H and O–H groups in total. The van der Waals surface area contributed by atoms with Crippen molar-refractivity contribution in [3.8, 4) is 11.5 Å². The number of amides is 1. The minimum Gasteiger partial charge on any atom is -0.497 e. The van der Waals surface area contributed by atoms with Gasteiger partial charge in [0.15, 0.2) is 0 Å². The summed E-state index contributed by atoms with van der Waals surface area (Å²) < 4.78 is 10.7. The number of carbonyl (C=O) groups excluding carboxylic acids is 1. The lowest BCUT2D eigenvalue weighted by molar-refractivity contribution is 0.0980. The van der Waals surface area contributed by atoms with E-state index in [9.17, 15) is 4.79 Å². The molecule has 0 bridgehead atoms. The van der Waals surface area contributed by atoms with Gasteiger partial charge in [-0.05, 0) is 48.7 Å². The fourth-order valence-corrected chi connectivity index (χ4v) is 3.58. The van der Waals surface area contributed by atoms with Gasteiger partial charge in [0.2, 0.25) is 0 Å². The van der Waals surface area contributed by atoms with Crippen molar-refractivity contribution in [1.82, 2.24) is 4.98 Å². The van der Waals surface area contributed by atoms with Crippen LogP contribution < -0.4 is 19.7 Å². The minimum absolute atomic E-state index is 0.0987. The summed E-state index contributed by atoms with van der Waals surface area (Å²) in [6.07, 6.45) is 3.57. The number of aromatic nitrogens is 1. The zero-order chi connectivity index (χ0) is 20.2. The van der Waals surface area contributed by atoms with Gasteiger partial charge in [-0.3, -0.25) is 9.78 Å². The maximum absolute atomic E-state index is 13.2. The molecular formula is C23H23N3O3. The molecule has 3 aromatic rings. The maximum Gasteiger partial charge on any atom is 0.276 e. The molecule has 1 aromatic heterocycles. The molecule has 0 spiro atoms. The molecule has 2 aromatic carbocycles. The Morgan fingerprint density at radius 3 is 2.76 bits per heavy atom. The molecule has 0 saturated carbocycles. The Morgan fingerprint density at radius 2 is 1.93 bits per heavy atom. The van der Waals surface area contributed by atoms with E-state index in [1.165, 1.54) is 5.56 Å². The monoisotopic (exact) mass is 389 g/mol. The molecule has 1 aliphatic rings. The molecule has 6 heteroatoms. The van der Waals surface area contributed by atoms with Gasteiger partial charge in [0.25, 0.3) is 5.91 Å². The van der Waals surface area contributed by atoms with E-state index in [1.54, 1.807) is 26.5 Å². The number of ether oxygens (including phenoxy) is 2. The predicted octanol–water partition coefficient (Wildman–Crippen LogP) is 4.44. The van der Waals surface area contributed by atoms with E-state index in [1.807, 2.05) is 47.4 Å². The number of rotatable bonds is 5. The molecule has 6 nitrogen and oxygen atoms in total. The predicted molar refractivity (Wildman–Crippen MR) is 114 cm³/mol. The quantitative estimate of drug-likeness (QED) is 0.699. The Balaban J connectivity index is 1.61. The van der Waals surface area contributed by atoms with Gasteiger partial charge in [-0.1, -0.05) is 18.2 Å². The van der Waals surface area contributed by atoms with Crippen LogP contribution in [0.2, 0.25) is 0 Å². The first kappa shape index (κ1) is 18.8. The first-order chi connectivity index (χ1) is 14.2. The van der Waals surface area contributed by atoms with Crippen LogP contribution in [-0.4, -0.2) is 31.7 Å². The third-order valence-electron chi connectivity index (χ3n) is 5.02. The number of hydrogen-bond donors (Lipinski definition) is 1. The highest BCUT2D eigenvalue weighted by molar-refractivity contribution is 6.06. The van der Waals surface area contributed by atoms with Crippen molar-refractivity contribution >= 4 is 23.0 Å². The molecule has 0 radical (unpaired) electrons. The van der Waals surface area contributed by atoms with Crippen LogP contribution in [0.5, 0.6) is 11.5 Å². The number of methoxy groups -OCH3 is 2. The van der Waals surface area contributed by atoms with Crippen LogP contribution in [0.4, 0.5) is 17.1 Å². The smallest absolute Gasteiger partial charge is 0.276 e. The number of nitrogens with one attached hydrogen (secondary N) is 1. The van der Waals surface area contributed by atoms with Gasteiger partial charge in [0.1, 0.15) is 17.2 Å². The average molecular weight is 389 g/mol. The summed E-state index contributed by atoms with van der Waals surface area (Å²) in [7, 11) is 3.23. The normalized spacial score (nSPS) is 12.8. The molecule has 4 rings (SSSR count). The van der Waals surface area contributed by atoms with Crippen LogP contribution in [0.25, 0.3) is 0 Å². The van der Waals surface area contributed by atoms with Gasteiger partial charge in [-0.25, -0.2) is 0 Å². The second kappa shape index (κ2) is 8.22. The molecule has 0 saturated heterocycles. The van der Waals surface area contributed by atoms with Crippen LogP contribution in [-0.2, 0) is 6.42 Å². The number of hydrogen-bond acceptors (Lipinski definition) is 5. The number of benzene rings is 2. The van der Waals surface area contributed by atoms with Crippen molar-refractivity contribution in [2.75, 3.05) is 31.0 Å². The third-order valence-corrected chi connectivity index (χ3v) is 5.02. The van der Waals surface area contributed by atoms with Gasteiger partial charge >= 0.3 is 0 Å². The molecule has 0 atom stereocenters. The second-order valence-corrected chi connectivity index (χ2v) is 6.81. The summed E-state index contributed by atoms with van der Waals surface area (Å²) in [5.74, 6) is 1.29. The Morgan fingerprint density at radius 1 is 1.07 bits per heavy atom. The highest BCUT2D eigenvalue weighted by Crippen LogP contribution is 2.32. The van der Waals surface area contributed by atoms with E-state index in [-0.39, 0.29) is 5.91 Å². The number of pyridine rings is 1. The van der Waals surface area contributed by atoms with Crippen molar-refractivity contribution in [2.24, 2.45) is 0 Å². The zero-order valence-corrected chi connectivity index (χ0v) is 16.5. The van der Waals surface area contributed by atoms with Gasteiger partial charge in [-0.15, -0.1) is 0 Å². The van der Waals surface area contributed by atoms with Gasteiger partial charge < -0.3 is 19.7 Å². The lowest BCUT2D eigenvalue weighted by Crippen LogP contribution is -2.35. The van der Waals surface area contributed by atoms with Crippen LogP contribution in [0.1, 0.15) is 22.5 Å². The molecule has 29 heavy (non-hydrogen) atoms. The van der Waals surface area contributed by atoms with E-state index in [0.29, 0.717) is 23.7 Å². The Labute approximate surface area is 170 Å². The fourth-order valence-electron chi connectivity index (χ4n) is 3.58. The lowest BCUT2D eigenvalue weighted by Gasteiger charge is -2.29. The van der Waals surface area contributed by atoms with Gasteiger partial charge in [-0.2, -0.15) is 0 Å². The zero-order valence-electron chi connectivity index (χ0n) is 16.5. The Bertz CT molecular complexity index is 1040. The van der Waals surface area contributed by atoms with Crippen molar-refractivity contribution < 1.29 is 14.3 Å². The van der Waals surface area contributed by atoms with Crippen molar-refractivity contribution in [3.63, 3.8) is 0 Å². The van der Waals surface area contributed by atoms with Gasteiger partial charge in [0.05, 0.1) is 19.9 Å². The number of carbonyl (C=O) groups is 1. The Kier molecular flexibility index (Phi) is 5.33. The first-order valence-electron chi connectivity index (χ1n) is 9.54. The molecule has 0 unspecified atom stereocenters. The third kappa shape index (κ3) is 3.87. The summed E-state index contributed by atoms with van der Waals surface area (Å²) in [5.41, 5.74) is 4.06. The number of para-hydroxylation sites is 1. The van der Waals surface area contributed by atoms with E-state index in [0.717, 1.165) is 29.9 Å². The highest BCUT2D eigenvalue weighted by atomic mass is 16.5. The maximum atomic E-state index is 13.2. The summed E-state index contributed by atoms with van der Waals surface area (Å²) >= 11 is 0. The van der Waals surface area contributed by atoms with Crippen LogP contribution in [0.3, 0.4) is 0 Å².